The van der Waals surface area contributed by atoms with E-state index < -0.39 is 0 Å². The van der Waals surface area contributed by atoms with E-state index in [1.165, 1.54) is 6.33 Å². The summed E-state index contributed by atoms with van der Waals surface area (Å²) in [4.78, 5) is 9.19. The summed E-state index contributed by atoms with van der Waals surface area (Å²) in [5.41, 5.74) is 6.44. The van der Waals surface area contributed by atoms with Gasteiger partial charge in [0.15, 0.2) is 5.84 Å². The minimum absolute atomic E-state index is 0.102. The summed E-state index contributed by atoms with van der Waals surface area (Å²) in [5, 5.41) is 14.8. The van der Waals surface area contributed by atoms with Crippen molar-refractivity contribution < 1.29 is 5.21 Å². The van der Waals surface area contributed by atoms with E-state index in [-0.39, 0.29) is 5.84 Å². The number of rotatable bonds is 3. The molecular weight excluding hydrogens is 284 g/mol. The molecule has 3 rings (SSSR count). The zero-order chi connectivity index (χ0) is 14.7. The SMILES string of the molecule is N/C(=N/O)c1ccc(Sc2ccncn2)c2ccccc12. The number of amidine groups is 1. The summed E-state index contributed by atoms with van der Waals surface area (Å²) in [6.45, 7) is 0. The Labute approximate surface area is 125 Å². The van der Waals surface area contributed by atoms with E-state index in [4.69, 9.17) is 10.9 Å². The molecule has 2 aromatic carbocycles. The maximum atomic E-state index is 8.89. The van der Waals surface area contributed by atoms with Crippen molar-refractivity contribution in [3.63, 3.8) is 0 Å². The number of hydrogen-bond donors (Lipinski definition) is 2. The van der Waals surface area contributed by atoms with Crippen molar-refractivity contribution in [1.29, 1.82) is 0 Å². The highest BCUT2D eigenvalue weighted by Crippen LogP contribution is 2.33. The number of fused-ring (bicyclic) bond motifs is 1. The van der Waals surface area contributed by atoms with Crippen LogP contribution in [-0.2, 0) is 0 Å². The van der Waals surface area contributed by atoms with Crippen molar-refractivity contribution in [2.24, 2.45) is 10.9 Å². The van der Waals surface area contributed by atoms with Crippen molar-refractivity contribution in [2.75, 3.05) is 0 Å². The first-order valence-electron chi connectivity index (χ1n) is 6.23. The van der Waals surface area contributed by atoms with E-state index in [1.807, 2.05) is 42.5 Å². The summed E-state index contributed by atoms with van der Waals surface area (Å²) >= 11 is 1.55. The van der Waals surface area contributed by atoms with E-state index in [1.54, 1.807) is 18.0 Å². The van der Waals surface area contributed by atoms with Crippen LogP contribution in [0, 0.1) is 0 Å². The van der Waals surface area contributed by atoms with Gasteiger partial charge in [0.05, 0.1) is 0 Å². The molecule has 0 radical (unpaired) electrons. The number of benzene rings is 2. The molecule has 0 bridgehead atoms. The maximum Gasteiger partial charge on any atom is 0.170 e. The average Bonchev–Trinajstić information content (AvgIpc) is 2.55. The zero-order valence-electron chi connectivity index (χ0n) is 11.0. The Hall–Kier alpha value is -2.60. The number of nitrogens with zero attached hydrogens (tertiary/aromatic N) is 3. The molecule has 0 aliphatic heterocycles. The molecule has 21 heavy (non-hydrogen) atoms. The molecular formula is C15H12N4OS. The smallest absolute Gasteiger partial charge is 0.170 e. The first kappa shape index (κ1) is 13.4. The average molecular weight is 296 g/mol. The van der Waals surface area contributed by atoms with Crippen molar-refractivity contribution in [3.8, 4) is 0 Å². The molecule has 0 aliphatic carbocycles. The van der Waals surface area contributed by atoms with E-state index in [9.17, 15) is 0 Å². The highest BCUT2D eigenvalue weighted by molar-refractivity contribution is 7.99. The fraction of sp³-hybridized carbons (Fsp3) is 0. The van der Waals surface area contributed by atoms with Gasteiger partial charge >= 0.3 is 0 Å². The third-order valence-electron chi connectivity index (χ3n) is 3.04. The largest absolute Gasteiger partial charge is 0.409 e. The molecule has 1 aromatic heterocycles. The molecule has 6 heteroatoms. The zero-order valence-corrected chi connectivity index (χ0v) is 11.8. The molecule has 0 aliphatic rings. The van der Waals surface area contributed by atoms with Gasteiger partial charge in [-0.05, 0) is 29.0 Å². The van der Waals surface area contributed by atoms with Crippen LogP contribution in [0.2, 0.25) is 0 Å². The number of oxime groups is 1. The molecule has 104 valence electrons. The molecule has 3 aromatic rings. The van der Waals surface area contributed by atoms with Crippen LogP contribution in [0.3, 0.4) is 0 Å². The van der Waals surface area contributed by atoms with Crippen molar-refractivity contribution in [3.05, 3.63) is 60.6 Å². The van der Waals surface area contributed by atoms with Crippen molar-refractivity contribution >= 4 is 28.4 Å². The highest BCUT2D eigenvalue weighted by atomic mass is 32.2. The van der Waals surface area contributed by atoms with Gasteiger partial charge in [-0.3, -0.25) is 0 Å². The van der Waals surface area contributed by atoms with Gasteiger partial charge in [0.2, 0.25) is 0 Å². The van der Waals surface area contributed by atoms with Crippen LogP contribution in [0.4, 0.5) is 0 Å². The van der Waals surface area contributed by atoms with Gasteiger partial charge in [-0.1, -0.05) is 41.2 Å². The Balaban J connectivity index is 2.13. The monoisotopic (exact) mass is 296 g/mol. The third kappa shape index (κ3) is 2.66. The molecule has 0 spiro atoms. The molecule has 0 saturated heterocycles. The summed E-state index contributed by atoms with van der Waals surface area (Å²) in [7, 11) is 0. The lowest BCUT2D eigenvalue weighted by Crippen LogP contribution is -2.13. The van der Waals surface area contributed by atoms with E-state index in [0.717, 1.165) is 20.7 Å². The lowest BCUT2D eigenvalue weighted by molar-refractivity contribution is 0.318. The van der Waals surface area contributed by atoms with E-state index in [0.29, 0.717) is 5.56 Å². The van der Waals surface area contributed by atoms with Crippen LogP contribution in [0.5, 0.6) is 0 Å². The van der Waals surface area contributed by atoms with Gasteiger partial charge in [-0.15, -0.1) is 0 Å². The van der Waals surface area contributed by atoms with Crippen LogP contribution in [0.15, 0.2) is 70.1 Å². The van der Waals surface area contributed by atoms with Gasteiger partial charge < -0.3 is 10.9 Å². The first-order chi connectivity index (χ1) is 10.3. The molecule has 0 amide bonds. The second-order valence-corrected chi connectivity index (χ2v) is 5.35. The van der Waals surface area contributed by atoms with Crippen LogP contribution >= 0.6 is 11.8 Å². The standard InChI is InChI=1S/C15H12N4OS/c16-15(19-20)12-5-6-13(11-4-2-1-3-10(11)12)21-14-7-8-17-9-18-14/h1-9,20H,(H2,16,19). The van der Waals surface area contributed by atoms with Gasteiger partial charge in [-0.25, -0.2) is 9.97 Å². The normalized spacial score (nSPS) is 11.7. The molecule has 0 atom stereocenters. The minimum Gasteiger partial charge on any atom is -0.409 e. The predicted octanol–water partition coefficient (Wildman–Crippen LogP) is 2.88. The lowest BCUT2D eigenvalue weighted by Gasteiger charge is -2.09. The molecule has 0 fully saturated rings. The summed E-state index contributed by atoms with van der Waals surface area (Å²) in [6.07, 6.45) is 3.23. The number of hydrogen-bond acceptors (Lipinski definition) is 5. The van der Waals surface area contributed by atoms with E-state index >= 15 is 0 Å². The summed E-state index contributed by atoms with van der Waals surface area (Å²) in [6, 6.07) is 13.5. The van der Waals surface area contributed by atoms with Gasteiger partial charge in [0.1, 0.15) is 11.4 Å². The second kappa shape index (κ2) is 5.80. The quantitative estimate of drug-likeness (QED) is 0.255. The van der Waals surface area contributed by atoms with Crippen LogP contribution in [0.1, 0.15) is 5.56 Å². The van der Waals surface area contributed by atoms with Crippen LogP contribution in [0.25, 0.3) is 10.8 Å². The number of nitrogens with two attached hydrogens (primary N) is 1. The third-order valence-corrected chi connectivity index (χ3v) is 4.06. The topological polar surface area (TPSA) is 84.4 Å². The van der Waals surface area contributed by atoms with Crippen LogP contribution in [-0.4, -0.2) is 21.0 Å². The Morgan fingerprint density at radius 2 is 1.90 bits per heavy atom. The van der Waals surface area contributed by atoms with Crippen molar-refractivity contribution in [1.82, 2.24) is 9.97 Å². The van der Waals surface area contributed by atoms with Gasteiger partial charge in [-0.2, -0.15) is 0 Å². The fourth-order valence-electron chi connectivity index (χ4n) is 2.09. The molecule has 3 N–H and O–H groups in total. The molecule has 0 saturated carbocycles. The van der Waals surface area contributed by atoms with Gasteiger partial charge in [0, 0.05) is 16.7 Å². The summed E-state index contributed by atoms with van der Waals surface area (Å²) < 4.78 is 0. The van der Waals surface area contributed by atoms with Crippen molar-refractivity contribution in [2.45, 2.75) is 9.92 Å². The Morgan fingerprint density at radius 1 is 1.10 bits per heavy atom. The molecule has 1 heterocycles. The first-order valence-corrected chi connectivity index (χ1v) is 7.05. The Kier molecular flexibility index (Phi) is 3.70. The molecule has 5 nitrogen and oxygen atoms in total. The maximum absolute atomic E-state index is 8.89. The summed E-state index contributed by atoms with van der Waals surface area (Å²) in [5.74, 6) is 0.102. The van der Waals surface area contributed by atoms with E-state index in [2.05, 4.69) is 15.1 Å². The van der Waals surface area contributed by atoms with Gasteiger partial charge in [0.25, 0.3) is 0 Å². The Morgan fingerprint density at radius 3 is 2.62 bits per heavy atom. The second-order valence-electron chi connectivity index (χ2n) is 4.29. The number of aromatic nitrogens is 2. The predicted molar refractivity (Wildman–Crippen MR) is 82.6 cm³/mol. The Bertz CT molecular complexity index is 805. The minimum atomic E-state index is 0.102. The lowest BCUT2D eigenvalue weighted by atomic mass is 10.0. The van der Waals surface area contributed by atoms with Crippen LogP contribution < -0.4 is 5.73 Å². The fourth-order valence-corrected chi connectivity index (χ4v) is 2.97. The highest BCUT2D eigenvalue weighted by Gasteiger charge is 2.10. The molecule has 0 unspecified atom stereocenters.